The van der Waals surface area contributed by atoms with E-state index >= 15 is 0 Å². The number of likely N-dealkylation sites (N-methyl/N-ethyl adjacent to an activating group) is 1. The van der Waals surface area contributed by atoms with Crippen molar-refractivity contribution in [2.45, 2.75) is 18.1 Å². The number of aliphatic hydroxyl groups excluding tert-OH is 1. The minimum atomic E-state index is -1.49. The quantitative estimate of drug-likeness (QED) is 0.671. The molecule has 2 atom stereocenters. The summed E-state index contributed by atoms with van der Waals surface area (Å²) in [5.74, 6) is -0.453. The van der Waals surface area contributed by atoms with Crippen LogP contribution in [0.2, 0.25) is 0 Å². The van der Waals surface area contributed by atoms with Crippen LogP contribution < -0.4 is 0 Å². The lowest BCUT2D eigenvalue weighted by molar-refractivity contribution is -0.168. The zero-order valence-electron chi connectivity index (χ0n) is 9.00. The second kappa shape index (κ2) is 3.84. The summed E-state index contributed by atoms with van der Waals surface area (Å²) in [7, 11) is 1.61. The average Bonchev–Trinajstić information content (AvgIpc) is 2.33. The highest BCUT2D eigenvalue weighted by atomic mass is 16.4. The molecule has 86 valence electrons. The maximum Gasteiger partial charge on any atom is 0.254 e. The fourth-order valence-corrected chi connectivity index (χ4v) is 1.94. The fraction of sp³-hybridized carbons (Fsp3) is 0.455. The summed E-state index contributed by atoms with van der Waals surface area (Å²) in [6.07, 6.45) is 1.97. The molecule has 1 aromatic heterocycles. The standard InChI is InChI=1S/C11H14N2O3/c1-13-7-4-11(16,9(14)10(13)15)8-2-5-12-6-3-8/h2-3,5-6,9,14,16H,4,7H2,1H3. The molecule has 1 aromatic rings. The van der Waals surface area contributed by atoms with Crippen LogP contribution in [0.3, 0.4) is 0 Å². The van der Waals surface area contributed by atoms with Crippen molar-refractivity contribution in [3.63, 3.8) is 0 Å². The van der Waals surface area contributed by atoms with Crippen LogP contribution in [0.1, 0.15) is 12.0 Å². The molecule has 0 spiro atoms. The van der Waals surface area contributed by atoms with Crippen molar-refractivity contribution in [2.24, 2.45) is 0 Å². The van der Waals surface area contributed by atoms with E-state index in [0.717, 1.165) is 0 Å². The Kier molecular flexibility index (Phi) is 2.65. The van der Waals surface area contributed by atoms with E-state index in [1.807, 2.05) is 0 Å². The van der Waals surface area contributed by atoms with E-state index in [1.54, 1.807) is 19.2 Å². The Labute approximate surface area is 93.3 Å². The number of aliphatic hydroxyl groups is 2. The summed E-state index contributed by atoms with van der Waals surface area (Å²) in [5, 5.41) is 20.2. The third kappa shape index (κ3) is 1.58. The zero-order valence-corrected chi connectivity index (χ0v) is 9.00. The summed E-state index contributed by atoms with van der Waals surface area (Å²) in [6.45, 7) is 0.425. The summed E-state index contributed by atoms with van der Waals surface area (Å²) in [5.41, 5.74) is -0.969. The van der Waals surface area contributed by atoms with Crippen LogP contribution >= 0.6 is 0 Å². The van der Waals surface area contributed by atoms with Crippen molar-refractivity contribution < 1.29 is 15.0 Å². The van der Waals surface area contributed by atoms with E-state index in [4.69, 9.17) is 0 Å². The number of hydrogen-bond acceptors (Lipinski definition) is 4. The number of aromatic nitrogens is 1. The third-order valence-corrected chi connectivity index (χ3v) is 3.07. The number of likely N-dealkylation sites (tertiary alicyclic amines) is 1. The first-order valence-corrected chi connectivity index (χ1v) is 5.11. The lowest BCUT2D eigenvalue weighted by atomic mass is 9.82. The van der Waals surface area contributed by atoms with Gasteiger partial charge in [-0.05, 0) is 17.7 Å². The normalized spacial score (nSPS) is 30.6. The average molecular weight is 222 g/mol. The van der Waals surface area contributed by atoms with Gasteiger partial charge in [0.05, 0.1) is 0 Å². The highest BCUT2D eigenvalue weighted by Crippen LogP contribution is 2.32. The van der Waals surface area contributed by atoms with Crippen LogP contribution in [0.15, 0.2) is 24.5 Å². The molecule has 2 unspecified atom stereocenters. The van der Waals surface area contributed by atoms with E-state index in [0.29, 0.717) is 18.5 Å². The van der Waals surface area contributed by atoms with Crippen molar-refractivity contribution in [3.8, 4) is 0 Å². The summed E-state index contributed by atoms with van der Waals surface area (Å²) in [6, 6.07) is 3.23. The first-order valence-electron chi connectivity index (χ1n) is 5.11. The molecular formula is C11H14N2O3. The second-order valence-electron chi connectivity index (χ2n) is 4.07. The molecule has 1 fully saturated rings. The number of carbonyl (C=O) groups is 1. The number of amides is 1. The van der Waals surface area contributed by atoms with E-state index in [-0.39, 0.29) is 0 Å². The van der Waals surface area contributed by atoms with Gasteiger partial charge in [-0.2, -0.15) is 0 Å². The van der Waals surface area contributed by atoms with E-state index in [1.165, 1.54) is 17.3 Å². The van der Waals surface area contributed by atoms with Crippen LogP contribution in [0.25, 0.3) is 0 Å². The third-order valence-electron chi connectivity index (χ3n) is 3.07. The maximum atomic E-state index is 11.6. The molecule has 16 heavy (non-hydrogen) atoms. The topological polar surface area (TPSA) is 73.7 Å². The highest BCUT2D eigenvalue weighted by molar-refractivity contribution is 5.83. The minimum absolute atomic E-state index is 0.320. The molecule has 1 saturated heterocycles. The highest BCUT2D eigenvalue weighted by Gasteiger charge is 2.46. The van der Waals surface area contributed by atoms with Crippen LogP contribution in [-0.2, 0) is 10.4 Å². The van der Waals surface area contributed by atoms with Gasteiger partial charge in [-0.1, -0.05) is 0 Å². The van der Waals surface area contributed by atoms with Gasteiger partial charge in [-0.3, -0.25) is 9.78 Å². The number of hydrogen-bond donors (Lipinski definition) is 2. The van der Waals surface area contributed by atoms with Crippen LogP contribution in [0.5, 0.6) is 0 Å². The lowest BCUT2D eigenvalue weighted by Gasteiger charge is -2.40. The molecule has 2 rings (SSSR count). The van der Waals surface area contributed by atoms with Crippen LogP contribution in [0, 0.1) is 0 Å². The fourth-order valence-electron chi connectivity index (χ4n) is 1.94. The molecule has 0 bridgehead atoms. The monoisotopic (exact) mass is 222 g/mol. The maximum absolute atomic E-state index is 11.6. The van der Waals surface area contributed by atoms with Crippen LogP contribution in [0.4, 0.5) is 0 Å². The van der Waals surface area contributed by atoms with Gasteiger partial charge < -0.3 is 15.1 Å². The summed E-state index contributed by atoms with van der Waals surface area (Å²) in [4.78, 5) is 16.9. The molecule has 0 radical (unpaired) electrons. The smallest absolute Gasteiger partial charge is 0.254 e. The Bertz CT molecular complexity index is 395. The molecule has 0 saturated carbocycles. The van der Waals surface area contributed by atoms with Gasteiger partial charge >= 0.3 is 0 Å². The molecule has 5 nitrogen and oxygen atoms in total. The van der Waals surface area contributed by atoms with E-state index in [2.05, 4.69) is 4.98 Å². The predicted molar refractivity (Wildman–Crippen MR) is 56.4 cm³/mol. The molecular weight excluding hydrogens is 208 g/mol. The molecule has 1 amide bonds. The molecule has 1 aliphatic rings. The Balaban J connectivity index is 2.36. The first-order chi connectivity index (χ1) is 7.55. The van der Waals surface area contributed by atoms with Gasteiger partial charge in [0.1, 0.15) is 5.60 Å². The van der Waals surface area contributed by atoms with Gasteiger partial charge in [0.2, 0.25) is 0 Å². The van der Waals surface area contributed by atoms with Gasteiger partial charge in [0, 0.05) is 32.4 Å². The Hall–Kier alpha value is -1.46. The van der Waals surface area contributed by atoms with E-state index in [9.17, 15) is 15.0 Å². The van der Waals surface area contributed by atoms with Crippen molar-refractivity contribution in [2.75, 3.05) is 13.6 Å². The number of nitrogens with zero attached hydrogens (tertiary/aromatic N) is 2. The number of piperidine rings is 1. The second-order valence-corrected chi connectivity index (χ2v) is 4.07. The first kappa shape index (κ1) is 11.0. The zero-order chi connectivity index (χ0) is 11.8. The van der Waals surface area contributed by atoms with Gasteiger partial charge in [0.15, 0.2) is 6.10 Å². The van der Waals surface area contributed by atoms with Crippen molar-refractivity contribution in [1.82, 2.24) is 9.88 Å². The van der Waals surface area contributed by atoms with Gasteiger partial charge in [-0.25, -0.2) is 0 Å². The van der Waals surface area contributed by atoms with Crippen LogP contribution in [-0.4, -0.2) is 45.7 Å². The lowest BCUT2D eigenvalue weighted by Crippen LogP contribution is -2.56. The molecule has 5 heteroatoms. The number of rotatable bonds is 1. The molecule has 0 aromatic carbocycles. The predicted octanol–water partition coefficient (Wildman–Crippen LogP) is -0.508. The van der Waals surface area contributed by atoms with Crippen molar-refractivity contribution >= 4 is 5.91 Å². The largest absolute Gasteiger partial charge is 0.382 e. The van der Waals surface area contributed by atoms with E-state index < -0.39 is 17.6 Å². The number of carbonyl (C=O) groups excluding carboxylic acids is 1. The molecule has 0 aliphatic carbocycles. The summed E-state index contributed by atoms with van der Waals surface area (Å²) < 4.78 is 0. The SMILES string of the molecule is CN1CCC(O)(c2ccncc2)C(O)C1=O. The minimum Gasteiger partial charge on any atom is -0.382 e. The Morgan fingerprint density at radius 3 is 2.75 bits per heavy atom. The Morgan fingerprint density at radius 2 is 2.12 bits per heavy atom. The molecule has 2 heterocycles. The van der Waals surface area contributed by atoms with Crippen molar-refractivity contribution in [1.29, 1.82) is 0 Å². The van der Waals surface area contributed by atoms with Gasteiger partial charge in [-0.15, -0.1) is 0 Å². The summed E-state index contributed by atoms with van der Waals surface area (Å²) >= 11 is 0. The molecule has 2 N–H and O–H groups in total. The molecule has 1 aliphatic heterocycles. The number of pyridine rings is 1. The van der Waals surface area contributed by atoms with Gasteiger partial charge in [0.25, 0.3) is 5.91 Å². The Morgan fingerprint density at radius 1 is 1.50 bits per heavy atom. The van der Waals surface area contributed by atoms with Crippen molar-refractivity contribution in [3.05, 3.63) is 30.1 Å².